The van der Waals surface area contributed by atoms with Crippen LogP contribution in [0.4, 0.5) is 0 Å². The summed E-state index contributed by atoms with van der Waals surface area (Å²) in [6.45, 7) is -10.7. The molecule has 2 bridgehead atoms. The van der Waals surface area contributed by atoms with E-state index in [4.69, 9.17) is 30.2 Å². The molecule has 28 heavy (non-hydrogen) atoms. The van der Waals surface area contributed by atoms with Crippen LogP contribution in [0.1, 0.15) is 111 Å². The third kappa shape index (κ3) is 3.15. The zero-order valence-electron chi connectivity index (χ0n) is 38.9. The average molecular weight is 411 g/mol. The minimum atomic E-state index is -4.28. The van der Waals surface area contributed by atoms with E-state index in [-0.39, 0.29) is 4.57 Å². The van der Waals surface area contributed by atoms with Crippen LogP contribution in [0.25, 0.3) is 11.2 Å². The molecule has 154 valence electrons. The Morgan fingerprint density at radius 1 is 1.29 bits per heavy atom. The molecule has 2 atom stereocenters. The van der Waals surface area contributed by atoms with Gasteiger partial charge in [-0.05, 0) is 62.3 Å². The van der Waals surface area contributed by atoms with Crippen LogP contribution < -0.4 is 11.2 Å². The highest BCUT2D eigenvalue weighted by atomic mass is 16.2. The first-order valence-corrected chi connectivity index (χ1v) is 8.18. The predicted octanol–water partition coefficient (Wildman–Crippen LogP) is 3.81. The molecule has 6 nitrogen and oxygen atoms in total. The fraction of sp³-hybridized carbons (Fsp3) is 0.773. The minimum Gasteiger partial charge on any atom is -0.336 e. The molecule has 2 aromatic heterocycles. The molecular formula is C22H34N4O2. The normalized spacial score (nSPS) is 61.7. The monoisotopic (exact) mass is 410 g/mol. The molecule has 2 fully saturated rings. The Labute approximate surface area is 200 Å². The van der Waals surface area contributed by atoms with E-state index in [9.17, 15) is 12.3 Å². The summed E-state index contributed by atoms with van der Waals surface area (Å²) in [6, 6.07) is 0. The number of aromatic amines is 1. The van der Waals surface area contributed by atoms with Crippen LogP contribution in [0.15, 0.2) is 9.59 Å². The maximum Gasteiger partial charge on any atom is 0.332 e. The van der Waals surface area contributed by atoms with Gasteiger partial charge < -0.3 is 4.98 Å². The fourth-order valence-electron chi connectivity index (χ4n) is 3.07. The van der Waals surface area contributed by atoms with Crippen molar-refractivity contribution in [2.75, 3.05) is 0 Å². The Hall–Kier alpha value is -1.85. The van der Waals surface area contributed by atoms with Crippen molar-refractivity contribution in [2.24, 2.45) is 17.7 Å². The molecule has 2 unspecified atom stereocenters. The summed E-state index contributed by atoms with van der Waals surface area (Å²) < 4.78 is 203. The van der Waals surface area contributed by atoms with Crippen molar-refractivity contribution in [3.63, 3.8) is 0 Å². The molecule has 0 aliphatic heterocycles. The molecule has 6 heteroatoms. The molecule has 2 aliphatic carbocycles. The van der Waals surface area contributed by atoms with Gasteiger partial charge in [0.15, 0.2) is 5.65 Å². The molecule has 2 aliphatic rings. The number of imidazole rings is 1. The van der Waals surface area contributed by atoms with Gasteiger partial charge in [0.05, 0.1) is 2.74 Å². The molecule has 0 radical (unpaired) electrons. The van der Waals surface area contributed by atoms with E-state index in [0.29, 0.717) is 6.92 Å². The topological polar surface area (TPSA) is 72.7 Å². The van der Waals surface area contributed by atoms with E-state index >= 15 is 0 Å². The number of nitrogens with one attached hydrogen (secondary N) is 1. The van der Waals surface area contributed by atoms with Gasteiger partial charge in [-0.25, -0.2) is 9.78 Å². The van der Waals surface area contributed by atoms with Crippen molar-refractivity contribution >= 4 is 11.2 Å². The fourth-order valence-corrected chi connectivity index (χ4v) is 3.07. The Bertz CT molecular complexity index is 1870. The SMILES string of the molecule is [2H]C([2H])C1([2H])C([2H])([2H])C2([2H])C([2H])([2H])C(C)(c3nc4c([nH]3)c(=O)n(C([2H])([2H])C([2H])([2H])C([2H])([2H])[2H])c(=O)n4CC([2H])([2H])C)C([2H])([2H])C([2H])(C1([2H])[2H])C2([2H])[2H]. The Morgan fingerprint density at radius 3 is 2.68 bits per heavy atom. The zero-order valence-corrected chi connectivity index (χ0v) is 14.9. The van der Waals surface area contributed by atoms with Crippen molar-refractivity contribution in [3.05, 3.63) is 26.7 Å². The molecule has 2 saturated carbocycles. The van der Waals surface area contributed by atoms with Crippen molar-refractivity contribution < 1.29 is 32.9 Å². The number of hydrogen-bond donors (Lipinski definition) is 1. The lowest BCUT2D eigenvalue weighted by molar-refractivity contribution is 0.0863. The third-order valence-electron chi connectivity index (χ3n) is 4.26. The lowest BCUT2D eigenvalue weighted by Crippen LogP contribution is -2.40. The second-order valence-corrected chi connectivity index (χ2v) is 6.30. The van der Waals surface area contributed by atoms with Gasteiger partial charge in [-0.1, -0.05) is 27.6 Å². The second-order valence-electron chi connectivity index (χ2n) is 6.30. The van der Waals surface area contributed by atoms with Crippen LogP contribution >= 0.6 is 0 Å². The standard InChI is InChI=1S/C22H34N4O2/c1-5-7-25-18-17(19(27)26(8-6-2)21(25)28)23-20(24-18)22(4)12-15-9-14(3)10-16(11-15)13-22/h14-16H,5-13H2,1-4H3,(H,23,24)/i2D3,3D2,5D2,6D2,8D2,9D2,10D2,11D2,12D2,13D2,14D,15D,16D. The number of aromatic nitrogens is 4. The number of aryl methyl sites for hydroxylation is 1. The zero-order chi connectivity index (χ0) is 41.2. The van der Waals surface area contributed by atoms with Crippen molar-refractivity contribution in [3.8, 4) is 0 Å². The van der Waals surface area contributed by atoms with Crippen LogP contribution in [0.5, 0.6) is 0 Å². The first-order valence-electron chi connectivity index (χ1n) is 20.3. The van der Waals surface area contributed by atoms with Gasteiger partial charge in [-0.2, -0.15) is 0 Å². The smallest absolute Gasteiger partial charge is 0.332 e. The van der Waals surface area contributed by atoms with Crippen LogP contribution in [0.3, 0.4) is 0 Å². The van der Waals surface area contributed by atoms with Crippen LogP contribution in [0.2, 0.25) is 0 Å². The summed E-state index contributed by atoms with van der Waals surface area (Å²) in [5, 5.41) is 0. The summed E-state index contributed by atoms with van der Waals surface area (Å²) in [6.07, 6.45) is -27.6. The third-order valence-corrected chi connectivity index (χ3v) is 4.26. The largest absolute Gasteiger partial charge is 0.336 e. The van der Waals surface area contributed by atoms with E-state index in [1.165, 1.54) is 0 Å². The summed E-state index contributed by atoms with van der Waals surface area (Å²) in [5.41, 5.74) is -9.54. The van der Waals surface area contributed by atoms with Gasteiger partial charge >= 0.3 is 5.69 Å². The van der Waals surface area contributed by atoms with Crippen LogP contribution in [-0.2, 0) is 18.5 Å². The van der Waals surface area contributed by atoms with Crippen molar-refractivity contribution in [1.29, 1.82) is 0 Å². The molecule has 4 rings (SSSR count). The van der Waals surface area contributed by atoms with Gasteiger partial charge in [0.1, 0.15) is 11.3 Å². The average Bonchev–Trinajstić information content (AvgIpc) is 3.40. The second kappa shape index (κ2) is 7.20. The molecule has 2 heterocycles. The summed E-state index contributed by atoms with van der Waals surface area (Å²) >= 11 is 0. The van der Waals surface area contributed by atoms with Gasteiger partial charge in [0, 0.05) is 48.6 Å². The number of H-pyrrole nitrogens is 1. The molecule has 0 aromatic carbocycles. The molecular weight excluding hydrogens is 352 g/mol. The summed E-state index contributed by atoms with van der Waals surface area (Å²) in [7, 11) is 0. The molecule has 1 N–H and O–H groups in total. The number of fused-ring (bicyclic) bond motifs is 3. The summed E-state index contributed by atoms with van der Waals surface area (Å²) in [4.78, 5) is 33.7. The summed E-state index contributed by atoms with van der Waals surface area (Å²) in [5.74, 6) is -13.9. The van der Waals surface area contributed by atoms with E-state index in [2.05, 4.69) is 9.97 Å². The maximum atomic E-state index is 13.9. The van der Waals surface area contributed by atoms with Crippen molar-refractivity contribution in [1.82, 2.24) is 19.1 Å². The van der Waals surface area contributed by atoms with E-state index in [1.54, 1.807) is 0 Å². The maximum absolute atomic E-state index is 13.9. The number of rotatable bonds is 5. The highest BCUT2D eigenvalue weighted by Gasteiger charge is 2.43. The van der Waals surface area contributed by atoms with Gasteiger partial charge in [0.25, 0.3) is 5.56 Å². The van der Waals surface area contributed by atoms with E-state index < -0.39 is 127 Å². The lowest BCUT2D eigenvalue weighted by Gasteiger charge is -2.46. The van der Waals surface area contributed by atoms with E-state index in [0.717, 1.165) is 6.92 Å². The lowest BCUT2D eigenvalue weighted by atomic mass is 9.59. The quantitative estimate of drug-likeness (QED) is 0.814. The Morgan fingerprint density at radius 2 is 2.04 bits per heavy atom. The first kappa shape index (κ1) is 5.86. The van der Waals surface area contributed by atoms with Gasteiger partial charge in [0.2, 0.25) is 0 Å². The highest BCUT2D eigenvalue weighted by Crippen LogP contribution is 2.50. The van der Waals surface area contributed by atoms with Crippen LogP contribution in [0, 0.1) is 17.7 Å². The van der Waals surface area contributed by atoms with Crippen molar-refractivity contribution in [2.45, 2.75) is 90.6 Å². The molecule has 0 spiro atoms. The molecule has 0 amide bonds. The number of nitrogens with zero attached hydrogens (tertiary/aromatic N) is 3. The van der Waals surface area contributed by atoms with Gasteiger partial charge in [-0.15, -0.1) is 0 Å². The Balaban J connectivity index is 2.29. The van der Waals surface area contributed by atoms with Crippen LogP contribution in [-0.4, -0.2) is 19.1 Å². The minimum absolute atomic E-state index is 0.201. The highest BCUT2D eigenvalue weighted by molar-refractivity contribution is 5.70. The van der Waals surface area contributed by atoms with Gasteiger partial charge in [-0.3, -0.25) is 13.9 Å². The first-order chi connectivity index (χ1) is 22.6. The van der Waals surface area contributed by atoms with E-state index in [1.807, 2.05) is 0 Å². The Kier molecular flexibility index (Phi) is 1.50. The molecule has 0 saturated heterocycles. The molecule has 2 aromatic rings. The predicted molar refractivity (Wildman–Crippen MR) is 112 cm³/mol. The number of hydrogen-bond acceptors (Lipinski definition) is 3.